The third-order valence-corrected chi connectivity index (χ3v) is 4.91. The molecule has 1 aromatic rings. The van der Waals surface area contributed by atoms with Gasteiger partial charge in [0.2, 0.25) is 0 Å². The van der Waals surface area contributed by atoms with Gasteiger partial charge in [-0.15, -0.1) is 0 Å². The van der Waals surface area contributed by atoms with E-state index < -0.39 is 17.4 Å². The summed E-state index contributed by atoms with van der Waals surface area (Å²) in [5.41, 5.74) is -0.721. The smallest absolute Gasteiger partial charge is 0.331 e. The Kier molecular flexibility index (Phi) is 5.70. The first kappa shape index (κ1) is 18.1. The number of aromatic hydroxyl groups is 1. The molecule has 0 aliphatic heterocycles. The van der Waals surface area contributed by atoms with Crippen LogP contribution < -0.4 is 10.1 Å². The summed E-state index contributed by atoms with van der Waals surface area (Å²) in [6, 6.07) is 4.40. The number of ether oxygens (including phenoxy) is 2. The van der Waals surface area contributed by atoms with E-state index in [1.807, 2.05) is 0 Å². The Bertz CT molecular complexity index is 605. The number of hydrogen-bond donors (Lipinski definition) is 2. The summed E-state index contributed by atoms with van der Waals surface area (Å²) < 4.78 is 9.91. The lowest BCUT2D eigenvalue weighted by Crippen LogP contribution is -2.56. The SMILES string of the molecule is CC[C@H]1CC[C@](NC(=O)c2ccc(OC)c(O)c2)(C(=O)OC)CC1. The summed E-state index contributed by atoms with van der Waals surface area (Å²) in [4.78, 5) is 24.9. The van der Waals surface area contributed by atoms with E-state index in [2.05, 4.69) is 12.2 Å². The first-order valence-electron chi connectivity index (χ1n) is 8.23. The van der Waals surface area contributed by atoms with Crippen molar-refractivity contribution in [3.63, 3.8) is 0 Å². The van der Waals surface area contributed by atoms with Crippen molar-refractivity contribution in [1.29, 1.82) is 0 Å². The summed E-state index contributed by atoms with van der Waals surface area (Å²) in [5.74, 6) is -0.0780. The van der Waals surface area contributed by atoms with Crippen molar-refractivity contribution in [2.24, 2.45) is 5.92 Å². The van der Waals surface area contributed by atoms with Crippen LogP contribution in [0, 0.1) is 5.92 Å². The van der Waals surface area contributed by atoms with Gasteiger partial charge in [0.1, 0.15) is 5.54 Å². The van der Waals surface area contributed by atoms with E-state index in [0.717, 1.165) is 19.3 Å². The third kappa shape index (κ3) is 3.63. The molecule has 1 aromatic carbocycles. The largest absolute Gasteiger partial charge is 0.504 e. The molecule has 24 heavy (non-hydrogen) atoms. The molecule has 6 nitrogen and oxygen atoms in total. The molecule has 2 rings (SSSR count). The van der Waals surface area contributed by atoms with Crippen LogP contribution in [-0.2, 0) is 9.53 Å². The Morgan fingerprint density at radius 3 is 2.46 bits per heavy atom. The number of methoxy groups -OCH3 is 2. The van der Waals surface area contributed by atoms with Crippen molar-refractivity contribution in [3.8, 4) is 11.5 Å². The van der Waals surface area contributed by atoms with E-state index in [1.165, 1.54) is 26.4 Å². The molecule has 0 spiro atoms. The molecule has 1 fully saturated rings. The van der Waals surface area contributed by atoms with Crippen molar-refractivity contribution in [2.75, 3.05) is 14.2 Å². The number of phenolic OH excluding ortho intramolecular Hbond substituents is 1. The lowest BCUT2D eigenvalue weighted by atomic mass is 9.75. The van der Waals surface area contributed by atoms with Crippen LogP contribution in [0.1, 0.15) is 49.4 Å². The van der Waals surface area contributed by atoms with Gasteiger partial charge in [-0.25, -0.2) is 4.79 Å². The van der Waals surface area contributed by atoms with Gasteiger partial charge >= 0.3 is 5.97 Å². The zero-order valence-electron chi connectivity index (χ0n) is 14.4. The molecule has 1 aliphatic rings. The number of esters is 1. The quantitative estimate of drug-likeness (QED) is 0.808. The third-order valence-electron chi connectivity index (χ3n) is 4.91. The number of carbonyl (C=O) groups is 2. The highest BCUT2D eigenvalue weighted by Crippen LogP contribution is 2.35. The van der Waals surface area contributed by atoms with E-state index in [4.69, 9.17) is 9.47 Å². The van der Waals surface area contributed by atoms with Crippen LogP contribution in [0.25, 0.3) is 0 Å². The molecule has 0 atom stereocenters. The van der Waals surface area contributed by atoms with Crippen LogP contribution in [0.5, 0.6) is 11.5 Å². The zero-order chi connectivity index (χ0) is 17.7. The molecule has 1 saturated carbocycles. The molecule has 2 N–H and O–H groups in total. The van der Waals surface area contributed by atoms with E-state index in [-0.39, 0.29) is 17.1 Å². The molecule has 1 amide bonds. The van der Waals surface area contributed by atoms with Crippen LogP contribution in [0.2, 0.25) is 0 Å². The Labute approximate surface area is 142 Å². The Morgan fingerprint density at radius 2 is 1.96 bits per heavy atom. The minimum absolute atomic E-state index is 0.119. The molecular formula is C18H25NO5. The summed E-state index contributed by atoms with van der Waals surface area (Å²) in [5, 5.41) is 12.7. The lowest BCUT2D eigenvalue weighted by molar-refractivity contribution is -0.150. The highest BCUT2D eigenvalue weighted by molar-refractivity contribution is 5.98. The first-order chi connectivity index (χ1) is 11.5. The average Bonchev–Trinajstić information content (AvgIpc) is 2.61. The minimum atomic E-state index is -0.993. The van der Waals surface area contributed by atoms with E-state index in [0.29, 0.717) is 18.8 Å². The number of nitrogens with one attached hydrogen (secondary N) is 1. The second kappa shape index (κ2) is 7.55. The maximum atomic E-state index is 12.6. The molecule has 0 heterocycles. The van der Waals surface area contributed by atoms with Crippen LogP contribution in [0.3, 0.4) is 0 Å². The lowest BCUT2D eigenvalue weighted by Gasteiger charge is -2.38. The van der Waals surface area contributed by atoms with Crippen molar-refractivity contribution < 1.29 is 24.2 Å². The van der Waals surface area contributed by atoms with Crippen LogP contribution >= 0.6 is 0 Å². The summed E-state index contributed by atoms with van der Waals surface area (Å²) >= 11 is 0. The fourth-order valence-corrected chi connectivity index (χ4v) is 3.27. The van der Waals surface area contributed by atoms with E-state index in [9.17, 15) is 14.7 Å². The van der Waals surface area contributed by atoms with Crippen molar-refractivity contribution in [3.05, 3.63) is 23.8 Å². The molecule has 6 heteroatoms. The highest BCUT2D eigenvalue weighted by atomic mass is 16.5. The molecule has 0 saturated heterocycles. The highest BCUT2D eigenvalue weighted by Gasteiger charge is 2.44. The Morgan fingerprint density at radius 1 is 1.29 bits per heavy atom. The number of rotatable bonds is 5. The normalized spacial score (nSPS) is 23.4. The van der Waals surface area contributed by atoms with Crippen LogP contribution in [0.4, 0.5) is 0 Å². The van der Waals surface area contributed by atoms with Gasteiger partial charge in [-0.2, -0.15) is 0 Å². The summed E-state index contributed by atoms with van der Waals surface area (Å²) in [7, 11) is 2.77. The second-order valence-corrected chi connectivity index (χ2v) is 6.27. The van der Waals surface area contributed by atoms with Crippen molar-refractivity contribution in [2.45, 2.75) is 44.6 Å². The molecule has 0 radical (unpaired) electrons. The van der Waals surface area contributed by atoms with Crippen molar-refractivity contribution in [1.82, 2.24) is 5.32 Å². The van der Waals surface area contributed by atoms with Crippen LogP contribution in [-0.4, -0.2) is 36.7 Å². The number of benzene rings is 1. The molecule has 0 unspecified atom stereocenters. The standard InChI is InChI=1S/C18H25NO5/c1-4-12-7-9-18(10-8-12,17(22)24-3)19-16(21)13-5-6-15(23-2)14(20)11-13/h5-6,11-12,20H,4,7-10H2,1-3H3,(H,19,21)/t12-,18+. The predicted molar refractivity (Wildman–Crippen MR) is 89.1 cm³/mol. The van der Waals surface area contributed by atoms with Gasteiger partial charge in [-0.1, -0.05) is 13.3 Å². The fraction of sp³-hybridized carbons (Fsp3) is 0.556. The first-order valence-corrected chi connectivity index (χ1v) is 8.23. The van der Waals surface area contributed by atoms with Gasteiger partial charge in [-0.3, -0.25) is 4.79 Å². The van der Waals surface area contributed by atoms with Gasteiger partial charge in [0, 0.05) is 5.56 Å². The van der Waals surface area contributed by atoms with E-state index >= 15 is 0 Å². The molecule has 132 valence electrons. The van der Waals surface area contributed by atoms with Crippen molar-refractivity contribution >= 4 is 11.9 Å². The van der Waals surface area contributed by atoms with Gasteiger partial charge in [0.05, 0.1) is 14.2 Å². The molecule has 1 aliphatic carbocycles. The predicted octanol–water partition coefficient (Wildman–Crippen LogP) is 2.64. The van der Waals surface area contributed by atoms with Crippen LogP contribution in [0.15, 0.2) is 18.2 Å². The number of carbonyl (C=O) groups excluding carboxylic acids is 2. The maximum absolute atomic E-state index is 12.6. The van der Waals surface area contributed by atoms with Gasteiger partial charge < -0.3 is 19.9 Å². The summed E-state index contributed by atoms with van der Waals surface area (Å²) in [6.07, 6.45) is 3.94. The summed E-state index contributed by atoms with van der Waals surface area (Å²) in [6.45, 7) is 2.13. The van der Waals surface area contributed by atoms with E-state index in [1.54, 1.807) is 6.07 Å². The molecule has 0 aromatic heterocycles. The van der Waals surface area contributed by atoms with Gasteiger partial charge in [0.15, 0.2) is 11.5 Å². The maximum Gasteiger partial charge on any atom is 0.331 e. The fourth-order valence-electron chi connectivity index (χ4n) is 3.27. The Hall–Kier alpha value is -2.24. The molecular weight excluding hydrogens is 310 g/mol. The minimum Gasteiger partial charge on any atom is -0.504 e. The monoisotopic (exact) mass is 335 g/mol. The number of phenols is 1. The van der Waals surface area contributed by atoms with Gasteiger partial charge in [0.25, 0.3) is 5.91 Å². The number of hydrogen-bond acceptors (Lipinski definition) is 5. The number of amides is 1. The topological polar surface area (TPSA) is 84.9 Å². The molecule has 0 bridgehead atoms. The average molecular weight is 335 g/mol. The van der Waals surface area contributed by atoms with Gasteiger partial charge in [-0.05, 0) is 49.8 Å². The second-order valence-electron chi connectivity index (χ2n) is 6.27. The Balaban J connectivity index is 2.19. The zero-order valence-corrected chi connectivity index (χ0v) is 14.4.